The Morgan fingerprint density at radius 3 is 3.00 bits per heavy atom. The first-order chi connectivity index (χ1) is 6.83. The van der Waals surface area contributed by atoms with Gasteiger partial charge in [-0.05, 0) is 18.3 Å². The van der Waals surface area contributed by atoms with Crippen LogP contribution in [-0.2, 0) is 0 Å². The van der Waals surface area contributed by atoms with Crippen molar-refractivity contribution in [3.05, 3.63) is 35.2 Å². The summed E-state index contributed by atoms with van der Waals surface area (Å²) in [5.41, 5.74) is 0.600. The summed E-state index contributed by atoms with van der Waals surface area (Å²) < 4.78 is 1.08. The van der Waals surface area contributed by atoms with Gasteiger partial charge in [0.2, 0.25) is 0 Å². The zero-order valence-electron chi connectivity index (χ0n) is 7.06. The van der Waals surface area contributed by atoms with E-state index in [1.54, 1.807) is 5.38 Å². The molecule has 0 N–H and O–H groups in total. The second-order valence-electron chi connectivity index (χ2n) is 2.65. The molecule has 0 aliphatic rings. The maximum absolute atomic E-state index is 11.4. The van der Waals surface area contributed by atoms with Gasteiger partial charge in [-0.2, -0.15) is 4.99 Å². The van der Waals surface area contributed by atoms with Crippen molar-refractivity contribution in [1.29, 1.82) is 0 Å². The summed E-state index contributed by atoms with van der Waals surface area (Å²) in [7, 11) is 0. The smallest absolute Gasteiger partial charge is 0.266 e. The standard InChI is InChI=1S/C10H5NOS2/c12-10(11-6-13)8-5-14-9-4-2-1-3-7(8)9/h1-5H. The minimum Gasteiger partial charge on any atom is -0.266 e. The number of nitrogens with zero attached hydrogens (tertiary/aromatic N) is 1. The molecule has 2 nitrogen and oxygen atoms in total. The van der Waals surface area contributed by atoms with Crippen molar-refractivity contribution < 1.29 is 4.79 Å². The van der Waals surface area contributed by atoms with E-state index in [0.29, 0.717) is 5.56 Å². The Kier molecular flexibility index (Phi) is 2.50. The number of isothiocyanates is 1. The van der Waals surface area contributed by atoms with E-state index in [9.17, 15) is 4.79 Å². The van der Waals surface area contributed by atoms with Crippen LogP contribution in [0.3, 0.4) is 0 Å². The molecule has 68 valence electrons. The van der Waals surface area contributed by atoms with Crippen LogP contribution in [0.5, 0.6) is 0 Å². The van der Waals surface area contributed by atoms with Gasteiger partial charge in [0.15, 0.2) is 0 Å². The molecule has 0 saturated heterocycles. The van der Waals surface area contributed by atoms with Crippen LogP contribution in [0.1, 0.15) is 10.4 Å². The largest absolute Gasteiger partial charge is 0.287 e. The van der Waals surface area contributed by atoms with E-state index < -0.39 is 0 Å². The fraction of sp³-hybridized carbons (Fsp3) is 0. The van der Waals surface area contributed by atoms with Crippen LogP contribution in [0.4, 0.5) is 0 Å². The summed E-state index contributed by atoms with van der Waals surface area (Å²) in [6, 6.07) is 7.71. The van der Waals surface area contributed by atoms with E-state index in [4.69, 9.17) is 0 Å². The normalized spacial score (nSPS) is 9.71. The first-order valence-electron chi connectivity index (χ1n) is 3.91. The van der Waals surface area contributed by atoms with Crippen LogP contribution >= 0.6 is 23.6 Å². The fourth-order valence-electron chi connectivity index (χ4n) is 1.25. The molecule has 0 spiro atoms. The summed E-state index contributed by atoms with van der Waals surface area (Å²) in [4.78, 5) is 14.9. The molecule has 1 aromatic heterocycles. The van der Waals surface area contributed by atoms with Crippen molar-refractivity contribution >= 4 is 44.7 Å². The topological polar surface area (TPSA) is 29.4 Å². The Morgan fingerprint density at radius 2 is 2.21 bits per heavy atom. The van der Waals surface area contributed by atoms with Crippen LogP contribution in [-0.4, -0.2) is 11.1 Å². The number of fused-ring (bicyclic) bond motifs is 1. The maximum Gasteiger partial charge on any atom is 0.287 e. The molecular formula is C10H5NOS2. The summed E-state index contributed by atoms with van der Waals surface area (Å²) in [5, 5.41) is 4.81. The number of hydrogen-bond acceptors (Lipinski definition) is 3. The predicted molar refractivity (Wildman–Crippen MR) is 61.2 cm³/mol. The van der Waals surface area contributed by atoms with Gasteiger partial charge in [-0.25, -0.2) is 0 Å². The van der Waals surface area contributed by atoms with Gasteiger partial charge < -0.3 is 0 Å². The molecule has 4 heteroatoms. The van der Waals surface area contributed by atoms with Crippen LogP contribution in [0.2, 0.25) is 0 Å². The third-order valence-electron chi connectivity index (χ3n) is 1.86. The van der Waals surface area contributed by atoms with Gasteiger partial charge >= 0.3 is 0 Å². The summed E-state index contributed by atoms with van der Waals surface area (Å²) >= 11 is 5.92. The van der Waals surface area contributed by atoms with Crippen molar-refractivity contribution in [2.75, 3.05) is 0 Å². The number of amides is 1. The molecule has 0 saturated carbocycles. The lowest BCUT2D eigenvalue weighted by Gasteiger charge is -1.90. The van der Waals surface area contributed by atoms with E-state index in [1.807, 2.05) is 24.3 Å². The van der Waals surface area contributed by atoms with Crippen molar-refractivity contribution in [2.45, 2.75) is 0 Å². The van der Waals surface area contributed by atoms with Gasteiger partial charge in [-0.3, -0.25) is 4.79 Å². The van der Waals surface area contributed by atoms with Crippen molar-refractivity contribution in [1.82, 2.24) is 0 Å². The van der Waals surface area contributed by atoms with Crippen LogP contribution in [0.25, 0.3) is 10.1 Å². The number of thiophene rings is 1. The SMILES string of the molecule is O=C(N=C=S)c1csc2ccccc12. The Balaban J connectivity index is 2.64. The molecule has 0 fully saturated rings. The molecule has 0 aliphatic heterocycles. The molecule has 1 heterocycles. The number of carbonyl (C=O) groups excluding carboxylic acids is 1. The predicted octanol–water partition coefficient (Wildman–Crippen LogP) is 3.14. The lowest BCUT2D eigenvalue weighted by Crippen LogP contribution is -1.91. The quantitative estimate of drug-likeness (QED) is 0.544. The van der Waals surface area contributed by atoms with E-state index in [1.165, 1.54) is 11.3 Å². The van der Waals surface area contributed by atoms with Gasteiger partial charge in [-0.1, -0.05) is 18.2 Å². The number of thiocarbonyl (C=S) groups is 1. The maximum atomic E-state index is 11.4. The van der Waals surface area contributed by atoms with Gasteiger partial charge in [0, 0.05) is 15.5 Å². The van der Waals surface area contributed by atoms with Crippen LogP contribution in [0.15, 0.2) is 34.6 Å². The Labute approximate surface area is 89.9 Å². The highest BCUT2D eigenvalue weighted by molar-refractivity contribution is 7.78. The molecule has 14 heavy (non-hydrogen) atoms. The van der Waals surface area contributed by atoms with Crippen molar-refractivity contribution in [3.8, 4) is 0 Å². The monoisotopic (exact) mass is 219 g/mol. The average molecular weight is 219 g/mol. The molecule has 0 aliphatic carbocycles. The third kappa shape index (κ3) is 1.51. The van der Waals surface area contributed by atoms with E-state index in [2.05, 4.69) is 22.4 Å². The number of rotatable bonds is 1. The molecule has 2 rings (SSSR count). The summed E-state index contributed by atoms with van der Waals surface area (Å²) in [5.74, 6) is -0.322. The third-order valence-corrected chi connectivity index (χ3v) is 2.91. The average Bonchev–Trinajstić information content (AvgIpc) is 2.61. The molecular weight excluding hydrogens is 214 g/mol. The van der Waals surface area contributed by atoms with Crippen LogP contribution in [0, 0.1) is 0 Å². The van der Waals surface area contributed by atoms with Crippen molar-refractivity contribution in [3.63, 3.8) is 0 Å². The Hall–Kier alpha value is -1.35. The molecule has 1 aromatic carbocycles. The molecule has 0 unspecified atom stereocenters. The highest BCUT2D eigenvalue weighted by atomic mass is 32.1. The number of carbonyl (C=O) groups is 1. The zero-order chi connectivity index (χ0) is 9.97. The first kappa shape index (κ1) is 9.21. The molecule has 0 atom stereocenters. The number of benzene rings is 1. The molecule has 1 amide bonds. The lowest BCUT2D eigenvalue weighted by molar-refractivity contribution is 0.101. The Bertz CT molecular complexity index is 538. The second-order valence-corrected chi connectivity index (χ2v) is 3.75. The van der Waals surface area contributed by atoms with E-state index in [0.717, 1.165) is 10.1 Å². The van der Waals surface area contributed by atoms with E-state index in [-0.39, 0.29) is 5.91 Å². The molecule has 0 bridgehead atoms. The highest BCUT2D eigenvalue weighted by Crippen LogP contribution is 2.25. The summed E-state index contributed by atoms with van der Waals surface area (Å²) in [6.07, 6.45) is 0. The first-order valence-corrected chi connectivity index (χ1v) is 5.20. The Morgan fingerprint density at radius 1 is 1.43 bits per heavy atom. The highest BCUT2D eigenvalue weighted by Gasteiger charge is 2.09. The molecule has 0 radical (unpaired) electrons. The minimum absolute atomic E-state index is 0.322. The molecule has 2 aromatic rings. The van der Waals surface area contributed by atoms with Gasteiger partial charge in [0.1, 0.15) is 0 Å². The number of aliphatic imine (C=N–C) groups is 1. The zero-order valence-corrected chi connectivity index (χ0v) is 8.69. The van der Waals surface area contributed by atoms with Gasteiger partial charge in [0.25, 0.3) is 5.91 Å². The minimum atomic E-state index is -0.322. The summed E-state index contributed by atoms with van der Waals surface area (Å²) in [6.45, 7) is 0. The van der Waals surface area contributed by atoms with E-state index >= 15 is 0 Å². The second kappa shape index (κ2) is 3.80. The van der Waals surface area contributed by atoms with Gasteiger partial charge in [-0.15, -0.1) is 11.3 Å². The fourth-order valence-corrected chi connectivity index (χ4v) is 2.26. The van der Waals surface area contributed by atoms with Gasteiger partial charge in [0.05, 0.1) is 10.7 Å². The van der Waals surface area contributed by atoms with Crippen molar-refractivity contribution in [2.24, 2.45) is 4.99 Å². The number of hydrogen-bond donors (Lipinski definition) is 0. The van der Waals surface area contributed by atoms with Crippen LogP contribution < -0.4 is 0 Å². The lowest BCUT2D eigenvalue weighted by atomic mass is 10.2.